The summed E-state index contributed by atoms with van der Waals surface area (Å²) < 4.78 is 0. The fraction of sp³-hybridized carbons (Fsp3) is 0.474. The Labute approximate surface area is 116 Å². The summed E-state index contributed by atoms with van der Waals surface area (Å²) in [5, 5.41) is 0. The predicted octanol–water partition coefficient (Wildman–Crippen LogP) is 5.31. The van der Waals surface area contributed by atoms with Gasteiger partial charge in [-0.1, -0.05) is 60.8 Å². The topological polar surface area (TPSA) is 0 Å². The SMILES string of the molecule is Cc1ccc2c(c1)C1(CCCCC1)C1=C2C=CCC1. The van der Waals surface area contributed by atoms with Gasteiger partial charge in [0.1, 0.15) is 0 Å². The van der Waals surface area contributed by atoms with Gasteiger partial charge in [-0.3, -0.25) is 0 Å². The van der Waals surface area contributed by atoms with Crippen molar-refractivity contribution in [1.82, 2.24) is 0 Å². The van der Waals surface area contributed by atoms with Crippen molar-refractivity contribution < 1.29 is 0 Å². The van der Waals surface area contributed by atoms with Gasteiger partial charge in [0.05, 0.1) is 0 Å². The summed E-state index contributed by atoms with van der Waals surface area (Å²) in [5.41, 5.74) is 8.38. The molecule has 19 heavy (non-hydrogen) atoms. The van der Waals surface area contributed by atoms with Crippen LogP contribution in [0.1, 0.15) is 61.6 Å². The molecule has 0 amide bonds. The van der Waals surface area contributed by atoms with E-state index >= 15 is 0 Å². The van der Waals surface area contributed by atoms with E-state index in [2.05, 4.69) is 37.3 Å². The van der Waals surface area contributed by atoms with E-state index < -0.39 is 0 Å². The van der Waals surface area contributed by atoms with E-state index in [0.29, 0.717) is 5.41 Å². The molecule has 1 saturated carbocycles. The monoisotopic (exact) mass is 250 g/mol. The van der Waals surface area contributed by atoms with Crippen LogP contribution in [0, 0.1) is 6.92 Å². The van der Waals surface area contributed by atoms with Gasteiger partial charge in [-0.15, -0.1) is 0 Å². The highest BCUT2D eigenvalue weighted by Crippen LogP contribution is 2.56. The van der Waals surface area contributed by atoms with Crippen molar-refractivity contribution in [3.8, 4) is 0 Å². The average molecular weight is 250 g/mol. The lowest BCUT2D eigenvalue weighted by molar-refractivity contribution is 0.338. The molecule has 98 valence electrons. The summed E-state index contributed by atoms with van der Waals surface area (Å²) in [4.78, 5) is 0. The molecule has 0 bridgehead atoms. The normalized spacial score (nSPS) is 23.6. The Bertz CT molecular complexity index is 580. The molecule has 0 atom stereocenters. The first kappa shape index (κ1) is 11.5. The fourth-order valence-electron chi connectivity index (χ4n) is 4.59. The van der Waals surface area contributed by atoms with Gasteiger partial charge in [0.25, 0.3) is 0 Å². The zero-order valence-electron chi connectivity index (χ0n) is 11.8. The van der Waals surface area contributed by atoms with Crippen LogP contribution in [-0.4, -0.2) is 0 Å². The maximum Gasteiger partial charge on any atom is 0.0177 e. The predicted molar refractivity (Wildman–Crippen MR) is 81.2 cm³/mol. The second-order valence-corrected chi connectivity index (χ2v) is 6.53. The number of allylic oxidation sites excluding steroid dienone is 4. The number of hydrogen-bond donors (Lipinski definition) is 0. The summed E-state index contributed by atoms with van der Waals surface area (Å²) in [6.07, 6.45) is 14.3. The summed E-state index contributed by atoms with van der Waals surface area (Å²) >= 11 is 0. The minimum Gasteiger partial charge on any atom is -0.0836 e. The van der Waals surface area contributed by atoms with E-state index in [4.69, 9.17) is 0 Å². The second-order valence-electron chi connectivity index (χ2n) is 6.53. The van der Waals surface area contributed by atoms with Crippen LogP contribution in [0.25, 0.3) is 5.57 Å². The van der Waals surface area contributed by atoms with Crippen LogP contribution in [-0.2, 0) is 5.41 Å². The molecule has 0 aliphatic heterocycles. The van der Waals surface area contributed by atoms with E-state index in [-0.39, 0.29) is 0 Å². The summed E-state index contributed by atoms with van der Waals surface area (Å²) in [6.45, 7) is 2.24. The highest BCUT2D eigenvalue weighted by molar-refractivity contribution is 5.87. The second kappa shape index (κ2) is 4.10. The van der Waals surface area contributed by atoms with Gasteiger partial charge in [-0.05, 0) is 49.3 Å². The maximum atomic E-state index is 2.48. The molecule has 0 radical (unpaired) electrons. The molecule has 0 aromatic heterocycles. The number of benzene rings is 1. The first-order valence-corrected chi connectivity index (χ1v) is 7.83. The van der Waals surface area contributed by atoms with Gasteiger partial charge in [0.15, 0.2) is 0 Å². The van der Waals surface area contributed by atoms with Crippen LogP contribution in [0.2, 0.25) is 0 Å². The highest BCUT2D eigenvalue weighted by Gasteiger charge is 2.44. The molecule has 0 unspecified atom stereocenters. The Morgan fingerprint density at radius 1 is 1.05 bits per heavy atom. The lowest BCUT2D eigenvalue weighted by Gasteiger charge is -2.38. The Balaban J connectivity index is 1.96. The zero-order valence-corrected chi connectivity index (χ0v) is 11.8. The zero-order chi connectivity index (χ0) is 12.9. The maximum absolute atomic E-state index is 2.48. The largest absolute Gasteiger partial charge is 0.0836 e. The van der Waals surface area contributed by atoms with Crippen LogP contribution in [0.15, 0.2) is 35.9 Å². The number of fused-ring (bicyclic) bond motifs is 4. The molecule has 1 aromatic rings. The van der Waals surface area contributed by atoms with Crippen molar-refractivity contribution in [2.45, 2.75) is 57.3 Å². The molecule has 0 N–H and O–H groups in total. The average Bonchev–Trinajstić information content (AvgIpc) is 2.71. The van der Waals surface area contributed by atoms with Crippen molar-refractivity contribution in [3.05, 3.63) is 52.6 Å². The van der Waals surface area contributed by atoms with Crippen molar-refractivity contribution in [2.24, 2.45) is 0 Å². The van der Waals surface area contributed by atoms with Crippen molar-refractivity contribution in [2.75, 3.05) is 0 Å². The van der Waals surface area contributed by atoms with Crippen molar-refractivity contribution in [3.63, 3.8) is 0 Å². The van der Waals surface area contributed by atoms with Gasteiger partial charge < -0.3 is 0 Å². The summed E-state index contributed by atoms with van der Waals surface area (Å²) in [6, 6.07) is 7.14. The van der Waals surface area contributed by atoms with Gasteiger partial charge in [0, 0.05) is 5.41 Å². The molecule has 3 aliphatic rings. The van der Waals surface area contributed by atoms with E-state index in [0.717, 1.165) is 0 Å². The highest BCUT2D eigenvalue weighted by atomic mass is 14.5. The minimum atomic E-state index is 0.416. The molecule has 0 heterocycles. The minimum absolute atomic E-state index is 0.416. The quantitative estimate of drug-likeness (QED) is 0.585. The number of aryl methyl sites for hydroxylation is 1. The third-order valence-corrected chi connectivity index (χ3v) is 5.44. The molecule has 0 nitrogen and oxygen atoms in total. The Morgan fingerprint density at radius 3 is 2.74 bits per heavy atom. The van der Waals surface area contributed by atoms with Crippen LogP contribution in [0.5, 0.6) is 0 Å². The van der Waals surface area contributed by atoms with Crippen molar-refractivity contribution in [1.29, 1.82) is 0 Å². The third-order valence-electron chi connectivity index (χ3n) is 5.44. The van der Waals surface area contributed by atoms with Gasteiger partial charge in [-0.25, -0.2) is 0 Å². The third kappa shape index (κ3) is 1.52. The van der Waals surface area contributed by atoms with E-state index in [1.807, 2.05) is 0 Å². The first-order valence-electron chi connectivity index (χ1n) is 7.83. The standard InChI is InChI=1S/C19H22/c1-14-9-10-16-15-7-3-4-8-17(15)19(18(16)13-14)11-5-2-6-12-19/h3,7,9-10,13H,2,4-6,8,11-12H2,1H3. The molecule has 1 spiro atoms. The Hall–Kier alpha value is -1.30. The molecule has 0 heteroatoms. The molecule has 0 saturated heterocycles. The van der Waals surface area contributed by atoms with Gasteiger partial charge in [0.2, 0.25) is 0 Å². The van der Waals surface area contributed by atoms with Gasteiger partial charge in [-0.2, -0.15) is 0 Å². The first-order chi connectivity index (χ1) is 9.31. The van der Waals surface area contributed by atoms with E-state index in [1.54, 1.807) is 22.3 Å². The lowest BCUT2D eigenvalue weighted by Crippen LogP contribution is -2.29. The van der Waals surface area contributed by atoms with Gasteiger partial charge >= 0.3 is 0 Å². The van der Waals surface area contributed by atoms with E-state index in [9.17, 15) is 0 Å². The molecule has 3 aliphatic carbocycles. The summed E-state index contributed by atoms with van der Waals surface area (Å²) in [7, 11) is 0. The number of rotatable bonds is 0. The Morgan fingerprint density at radius 2 is 1.89 bits per heavy atom. The lowest BCUT2D eigenvalue weighted by atomic mass is 9.65. The molecular formula is C19H22. The Kier molecular flexibility index (Phi) is 2.48. The van der Waals surface area contributed by atoms with Crippen LogP contribution in [0.3, 0.4) is 0 Å². The fourth-order valence-corrected chi connectivity index (χ4v) is 4.59. The van der Waals surface area contributed by atoms with Crippen molar-refractivity contribution >= 4 is 5.57 Å². The van der Waals surface area contributed by atoms with Crippen LogP contribution < -0.4 is 0 Å². The van der Waals surface area contributed by atoms with Crippen LogP contribution in [0.4, 0.5) is 0 Å². The summed E-state index contributed by atoms with van der Waals surface area (Å²) in [5.74, 6) is 0. The molecule has 4 rings (SSSR count). The van der Waals surface area contributed by atoms with E-state index in [1.165, 1.54) is 50.5 Å². The molecular weight excluding hydrogens is 228 g/mol. The molecule has 1 fully saturated rings. The molecule has 1 aromatic carbocycles. The number of hydrogen-bond acceptors (Lipinski definition) is 0. The van der Waals surface area contributed by atoms with Crippen LogP contribution >= 0.6 is 0 Å². The smallest absolute Gasteiger partial charge is 0.0177 e.